The lowest BCUT2D eigenvalue weighted by atomic mass is 10.3. The molecule has 10 heteroatoms. The zero-order valence-corrected chi connectivity index (χ0v) is 15.0. The van der Waals surface area contributed by atoms with E-state index >= 15 is 0 Å². The van der Waals surface area contributed by atoms with E-state index in [4.69, 9.17) is 5.73 Å². The van der Waals surface area contributed by atoms with Gasteiger partial charge in [0.05, 0.1) is 11.0 Å². The van der Waals surface area contributed by atoms with Crippen molar-refractivity contribution in [3.8, 4) is 11.9 Å². The minimum Gasteiger partial charge on any atom is -0.382 e. The van der Waals surface area contributed by atoms with Crippen LogP contribution in [0.5, 0.6) is 0 Å². The van der Waals surface area contributed by atoms with Gasteiger partial charge in [-0.25, -0.2) is 24.3 Å². The van der Waals surface area contributed by atoms with Gasteiger partial charge in [-0.15, -0.1) is 0 Å². The third kappa shape index (κ3) is 3.53. The summed E-state index contributed by atoms with van der Waals surface area (Å²) in [7, 11) is 0. The van der Waals surface area contributed by atoms with E-state index in [0.29, 0.717) is 35.6 Å². The number of imidazole rings is 1. The number of nitrogens with zero attached hydrogens (tertiary/aromatic N) is 6. The van der Waals surface area contributed by atoms with Gasteiger partial charge in [-0.2, -0.15) is 9.65 Å². The first kappa shape index (κ1) is 18.2. The fourth-order valence-electron chi connectivity index (χ4n) is 2.98. The Morgan fingerprint density at radius 3 is 2.79 bits per heavy atom. The molecule has 0 aliphatic carbocycles. The highest BCUT2D eigenvalue weighted by molar-refractivity contribution is 5.78. The molecule has 0 unspecified atom stereocenters. The Hall–Kier alpha value is -4.13. The van der Waals surface area contributed by atoms with Gasteiger partial charge in [0, 0.05) is 19.0 Å². The molecule has 4 aromatic rings. The van der Waals surface area contributed by atoms with Crippen LogP contribution < -0.4 is 11.1 Å². The van der Waals surface area contributed by atoms with Crippen LogP contribution in [0.3, 0.4) is 0 Å². The van der Waals surface area contributed by atoms with E-state index in [2.05, 4.69) is 25.3 Å². The molecule has 3 N–H and O–H groups in total. The Morgan fingerprint density at radius 2 is 2.00 bits per heavy atom. The van der Waals surface area contributed by atoms with Gasteiger partial charge in [-0.3, -0.25) is 4.57 Å². The molecule has 3 aromatic heterocycles. The van der Waals surface area contributed by atoms with Crippen LogP contribution in [0.15, 0.2) is 42.7 Å². The number of nitriles is 1. The fraction of sp³-hybridized carbons (Fsp3) is 0.105. The van der Waals surface area contributed by atoms with Gasteiger partial charge < -0.3 is 11.1 Å². The molecule has 4 rings (SSSR count). The number of hydrogen-bond acceptors (Lipinski definition) is 7. The highest BCUT2D eigenvalue weighted by Gasteiger charge is 2.15. The lowest BCUT2D eigenvalue weighted by Crippen LogP contribution is -2.13. The number of fused-ring (bicyclic) bond motifs is 1. The molecule has 0 atom stereocenters. The van der Waals surface area contributed by atoms with Crippen molar-refractivity contribution in [2.45, 2.75) is 6.42 Å². The minimum atomic E-state index is -0.653. The van der Waals surface area contributed by atoms with Gasteiger partial charge in [0.25, 0.3) is 0 Å². The molecular weight excluding hydrogens is 378 g/mol. The largest absolute Gasteiger partial charge is 0.382 e. The summed E-state index contributed by atoms with van der Waals surface area (Å²) < 4.78 is 29.1. The van der Waals surface area contributed by atoms with E-state index in [1.165, 1.54) is 30.6 Å². The Bertz CT molecular complexity index is 1240. The summed E-state index contributed by atoms with van der Waals surface area (Å²) in [6, 6.07) is 10.5. The number of nitrogens with two attached hydrogens (primary N) is 1. The number of anilines is 2. The van der Waals surface area contributed by atoms with Crippen molar-refractivity contribution in [3.63, 3.8) is 0 Å². The zero-order chi connectivity index (χ0) is 20.4. The molecular formula is C19H14F2N8. The second-order valence-corrected chi connectivity index (χ2v) is 6.09. The summed E-state index contributed by atoms with van der Waals surface area (Å²) in [6.07, 6.45) is 1.62. The number of hydrogen-bond donors (Lipinski definition) is 2. The van der Waals surface area contributed by atoms with E-state index in [1.807, 2.05) is 6.07 Å². The van der Waals surface area contributed by atoms with Crippen LogP contribution >= 0.6 is 0 Å². The molecule has 1 aromatic carbocycles. The predicted molar refractivity (Wildman–Crippen MR) is 102 cm³/mol. The van der Waals surface area contributed by atoms with Crippen molar-refractivity contribution >= 4 is 22.7 Å². The Labute approximate surface area is 163 Å². The van der Waals surface area contributed by atoms with E-state index in [-0.39, 0.29) is 17.2 Å². The van der Waals surface area contributed by atoms with Crippen molar-refractivity contribution in [1.29, 1.82) is 5.26 Å². The summed E-state index contributed by atoms with van der Waals surface area (Å²) >= 11 is 0. The fourth-order valence-corrected chi connectivity index (χ4v) is 2.98. The van der Waals surface area contributed by atoms with Crippen molar-refractivity contribution in [2.24, 2.45) is 0 Å². The molecule has 0 fully saturated rings. The maximum Gasteiger partial charge on any atom is 0.214 e. The number of aromatic nitrogens is 5. The second kappa shape index (κ2) is 7.47. The van der Waals surface area contributed by atoms with Gasteiger partial charge in [-0.05, 0) is 24.3 Å². The predicted octanol–water partition coefficient (Wildman–Crippen LogP) is 2.60. The second-order valence-electron chi connectivity index (χ2n) is 6.09. The molecule has 0 aliphatic rings. The monoisotopic (exact) mass is 392 g/mol. The standard InChI is InChI=1S/C19H14F2N8/c20-11-4-5-13-14(8-11)29(16-3-1-2-15(21)28-16)17(27-13)6-7-24-19-12(9-22)18(23)25-10-26-19/h1-5,8,10H,6-7H2,(H3,23,24,25,26). The summed E-state index contributed by atoms with van der Waals surface area (Å²) in [5.41, 5.74) is 6.86. The van der Waals surface area contributed by atoms with Gasteiger partial charge in [0.15, 0.2) is 0 Å². The number of rotatable bonds is 5. The summed E-state index contributed by atoms with van der Waals surface area (Å²) in [5.74, 6) is 0.123. The number of benzene rings is 1. The minimum absolute atomic E-state index is 0.0803. The Morgan fingerprint density at radius 1 is 1.14 bits per heavy atom. The zero-order valence-electron chi connectivity index (χ0n) is 15.0. The van der Waals surface area contributed by atoms with Crippen molar-refractivity contribution in [3.05, 3.63) is 65.9 Å². The maximum atomic E-state index is 13.8. The van der Waals surface area contributed by atoms with Crippen LogP contribution in [-0.4, -0.2) is 31.0 Å². The van der Waals surface area contributed by atoms with Crippen LogP contribution in [0.25, 0.3) is 16.9 Å². The molecule has 0 amide bonds. The van der Waals surface area contributed by atoms with Gasteiger partial charge in [0.1, 0.15) is 47.1 Å². The number of halogens is 2. The lowest BCUT2D eigenvalue weighted by Gasteiger charge is -2.10. The van der Waals surface area contributed by atoms with Crippen molar-refractivity contribution in [2.75, 3.05) is 17.6 Å². The van der Waals surface area contributed by atoms with Crippen molar-refractivity contribution in [1.82, 2.24) is 24.5 Å². The SMILES string of the molecule is N#Cc1c(N)ncnc1NCCc1nc2ccc(F)cc2n1-c1cccc(F)n1. The number of nitrogen functional groups attached to an aromatic ring is 1. The van der Waals surface area contributed by atoms with Crippen LogP contribution in [0.1, 0.15) is 11.4 Å². The summed E-state index contributed by atoms with van der Waals surface area (Å²) in [4.78, 5) is 16.2. The first-order valence-corrected chi connectivity index (χ1v) is 8.61. The highest BCUT2D eigenvalue weighted by atomic mass is 19.1. The third-order valence-corrected chi connectivity index (χ3v) is 4.24. The van der Waals surface area contributed by atoms with E-state index in [1.54, 1.807) is 16.7 Å². The van der Waals surface area contributed by atoms with Crippen LogP contribution in [-0.2, 0) is 6.42 Å². The molecule has 0 bridgehead atoms. The van der Waals surface area contributed by atoms with Crippen LogP contribution in [0, 0.1) is 23.1 Å². The molecule has 8 nitrogen and oxygen atoms in total. The van der Waals surface area contributed by atoms with Gasteiger partial charge in [0.2, 0.25) is 5.95 Å². The van der Waals surface area contributed by atoms with Gasteiger partial charge in [-0.1, -0.05) is 6.07 Å². The smallest absolute Gasteiger partial charge is 0.214 e. The summed E-state index contributed by atoms with van der Waals surface area (Å²) in [6.45, 7) is 0.340. The molecule has 29 heavy (non-hydrogen) atoms. The molecule has 0 radical (unpaired) electrons. The first-order valence-electron chi connectivity index (χ1n) is 8.61. The molecule has 3 heterocycles. The van der Waals surface area contributed by atoms with Gasteiger partial charge >= 0.3 is 0 Å². The first-order chi connectivity index (χ1) is 14.1. The maximum absolute atomic E-state index is 13.8. The normalized spacial score (nSPS) is 10.8. The quantitative estimate of drug-likeness (QED) is 0.501. The number of nitrogens with one attached hydrogen (secondary N) is 1. The lowest BCUT2D eigenvalue weighted by molar-refractivity contribution is 0.580. The molecule has 0 aliphatic heterocycles. The number of pyridine rings is 1. The molecule has 0 spiro atoms. The third-order valence-electron chi connectivity index (χ3n) is 4.24. The molecule has 0 saturated carbocycles. The van der Waals surface area contributed by atoms with Crippen LogP contribution in [0.4, 0.5) is 20.4 Å². The van der Waals surface area contributed by atoms with E-state index in [9.17, 15) is 14.0 Å². The Balaban J connectivity index is 1.68. The van der Waals surface area contributed by atoms with E-state index < -0.39 is 11.8 Å². The Kier molecular flexibility index (Phi) is 4.70. The highest BCUT2D eigenvalue weighted by Crippen LogP contribution is 2.22. The average Bonchev–Trinajstić information content (AvgIpc) is 3.05. The average molecular weight is 392 g/mol. The molecule has 0 saturated heterocycles. The molecule has 144 valence electrons. The summed E-state index contributed by atoms with van der Waals surface area (Å²) in [5, 5.41) is 12.2. The van der Waals surface area contributed by atoms with Crippen molar-refractivity contribution < 1.29 is 8.78 Å². The van der Waals surface area contributed by atoms with Crippen LogP contribution in [0.2, 0.25) is 0 Å². The van der Waals surface area contributed by atoms with E-state index in [0.717, 1.165) is 0 Å². The topological polar surface area (TPSA) is 118 Å².